The molecule has 3 amide bonds. The second-order valence-corrected chi connectivity index (χ2v) is 4.87. The van der Waals surface area contributed by atoms with E-state index in [0.717, 1.165) is 6.42 Å². The highest BCUT2D eigenvalue weighted by Gasteiger charge is 2.46. The van der Waals surface area contributed by atoms with Crippen LogP contribution in [0.1, 0.15) is 33.6 Å². The summed E-state index contributed by atoms with van der Waals surface area (Å²) in [5.74, 6) is -0.631. The molecule has 1 fully saturated rings. The maximum Gasteiger partial charge on any atom is 0.245 e. The van der Waals surface area contributed by atoms with Gasteiger partial charge in [-0.1, -0.05) is 0 Å². The summed E-state index contributed by atoms with van der Waals surface area (Å²) in [7, 11) is 1.56. The number of hydrogen-bond donors (Lipinski definition) is 2. The second kappa shape index (κ2) is 5.37. The first-order valence-electron chi connectivity index (χ1n) is 6.13. The van der Waals surface area contributed by atoms with Gasteiger partial charge in [0, 0.05) is 20.5 Å². The Morgan fingerprint density at radius 2 is 1.94 bits per heavy atom. The molecular weight excluding hydrogens is 234 g/mol. The van der Waals surface area contributed by atoms with Crippen LogP contribution < -0.4 is 10.6 Å². The lowest BCUT2D eigenvalue weighted by molar-refractivity contribution is -0.145. The van der Waals surface area contributed by atoms with Crippen molar-refractivity contribution >= 4 is 17.7 Å². The van der Waals surface area contributed by atoms with E-state index in [1.165, 1.54) is 6.92 Å². The van der Waals surface area contributed by atoms with E-state index in [9.17, 15) is 14.4 Å². The first kappa shape index (κ1) is 14.5. The van der Waals surface area contributed by atoms with Crippen molar-refractivity contribution in [2.45, 2.75) is 45.2 Å². The summed E-state index contributed by atoms with van der Waals surface area (Å²) >= 11 is 0. The van der Waals surface area contributed by atoms with Gasteiger partial charge in [0.2, 0.25) is 17.7 Å². The van der Waals surface area contributed by atoms with Crippen LogP contribution in [0.4, 0.5) is 0 Å². The van der Waals surface area contributed by atoms with Crippen molar-refractivity contribution in [3.8, 4) is 0 Å². The highest BCUT2D eigenvalue weighted by atomic mass is 16.2. The van der Waals surface area contributed by atoms with Gasteiger partial charge in [0.1, 0.15) is 11.6 Å². The summed E-state index contributed by atoms with van der Waals surface area (Å²) in [6.45, 7) is 5.31. The average molecular weight is 255 g/mol. The SMILES string of the molecule is CNC(=O)[C@]1(C)CCCN1C(=O)[C@H](C)NC(C)=O. The van der Waals surface area contributed by atoms with Gasteiger partial charge in [0.05, 0.1) is 0 Å². The molecule has 1 aliphatic heterocycles. The molecule has 2 N–H and O–H groups in total. The molecule has 0 aromatic heterocycles. The van der Waals surface area contributed by atoms with Gasteiger partial charge < -0.3 is 15.5 Å². The van der Waals surface area contributed by atoms with E-state index in [-0.39, 0.29) is 17.7 Å². The van der Waals surface area contributed by atoms with Crippen molar-refractivity contribution < 1.29 is 14.4 Å². The minimum Gasteiger partial charge on any atom is -0.357 e. The summed E-state index contributed by atoms with van der Waals surface area (Å²) in [6, 6.07) is -0.607. The highest BCUT2D eigenvalue weighted by molar-refractivity contribution is 5.94. The van der Waals surface area contributed by atoms with Gasteiger partial charge in [-0.15, -0.1) is 0 Å². The molecule has 2 atom stereocenters. The van der Waals surface area contributed by atoms with Crippen molar-refractivity contribution in [2.75, 3.05) is 13.6 Å². The van der Waals surface area contributed by atoms with E-state index in [0.29, 0.717) is 13.0 Å². The molecule has 0 saturated carbocycles. The van der Waals surface area contributed by atoms with Gasteiger partial charge in [-0.2, -0.15) is 0 Å². The van der Waals surface area contributed by atoms with E-state index in [2.05, 4.69) is 10.6 Å². The number of rotatable bonds is 3. The standard InChI is InChI=1S/C12H21N3O3/c1-8(14-9(2)16)10(17)15-7-5-6-12(15,3)11(18)13-4/h8H,5-7H2,1-4H3,(H,13,18)(H,14,16)/t8-,12-/m0/s1. The van der Waals surface area contributed by atoms with Gasteiger partial charge in [0.15, 0.2) is 0 Å². The van der Waals surface area contributed by atoms with E-state index >= 15 is 0 Å². The third-order valence-corrected chi connectivity index (χ3v) is 3.41. The Morgan fingerprint density at radius 3 is 2.44 bits per heavy atom. The molecule has 0 aromatic carbocycles. The molecule has 0 unspecified atom stereocenters. The molecule has 0 bridgehead atoms. The van der Waals surface area contributed by atoms with Crippen LogP contribution in [0.15, 0.2) is 0 Å². The highest BCUT2D eigenvalue weighted by Crippen LogP contribution is 2.29. The number of nitrogens with zero attached hydrogens (tertiary/aromatic N) is 1. The molecule has 0 aliphatic carbocycles. The predicted octanol–water partition coefficient (Wildman–Crippen LogP) is -0.362. The van der Waals surface area contributed by atoms with Crippen LogP contribution in [0.2, 0.25) is 0 Å². The molecule has 0 spiro atoms. The third-order valence-electron chi connectivity index (χ3n) is 3.41. The molecule has 1 rings (SSSR count). The fourth-order valence-corrected chi connectivity index (χ4v) is 2.42. The van der Waals surface area contributed by atoms with Crippen molar-refractivity contribution in [3.63, 3.8) is 0 Å². The third kappa shape index (κ3) is 2.63. The molecule has 6 nitrogen and oxygen atoms in total. The molecule has 1 heterocycles. The van der Waals surface area contributed by atoms with Crippen LogP contribution in [0.25, 0.3) is 0 Å². The Hall–Kier alpha value is -1.59. The second-order valence-electron chi connectivity index (χ2n) is 4.87. The molecule has 102 valence electrons. The van der Waals surface area contributed by atoms with Crippen LogP contribution in [0.3, 0.4) is 0 Å². The van der Waals surface area contributed by atoms with Crippen LogP contribution in [-0.4, -0.2) is 47.8 Å². The lowest BCUT2D eigenvalue weighted by atomic mass is 9.97. The maximum atomic E-state index is 12.2. The smallest absolute Gasteiger partial charge is 0.245 e. The van der Waals surface area contributed by atoms with E-state index < -0.39 is 11.6 Å². The Bertz CT molecular complexity index is 370. The van der Waals surface area contributed by atoms with Gasteiger partial charge in [-0.05, 0) is 26.7 Å². The van der Waals surface area contributed by atoms with Crippen molar-refractivity contribution in [2.24, 2.45) is 0 Å². The van der Waals surface area contributed by atoms with E-state index in [1.54, 1.807) is 25.8 Å². The first-order valence-corrected chi connectivity index (χ1v) is 6.13. The normalized spacial score (nSPS) is 24.6. The zero-order valence-electron chi connectivity index (χ0n) is 11.4. The molecular formula is C12H21N3O3. The average Bonchev–Trinajstić information content (AvgIpc) is 2.69. The van der Waals surface area contributed by atoms with Gasteiger partial charge in [-0.3, -0.25) is 14.4 Å². The predicted molar refractivity (Wildman–Crippen MR) is 66.7 cm³/mol. The summed E-state index contributed by atoms with van der Waals surface area (Å²) in [6.07, 6.45) is 1.44. The number of likely N-dealkylation sites (tertiary alicyclic amines) is 1. The number of carbonyl (C=O) groups excluding carboxylic acids is 3. The minimum absolute atomic E-state index is 0.164. The Balaban J connectivity index is 2.84. The van der Waals surface area contributed by atoms with E-state index in [1.807, 2.05) is 0 Å². The van der Waals surface area contributed by atoms with E-state index in [4.69, 9.17) is 0 Å². The number of likely N-dealkylation sites (N-methyl/N-ethyl adjacent to an activating group) is 1. The Labute approximate surface area is 107 Å². The van der Waals surface area contributed by atoms with Gasteiger partial charge in [0.25, 0.3) is 0 Å². The van der Waals surface area contributed by atoms with Crippen molar-refractivity contribution in [1.82, 2.24) is 15.5 Å². The quantitative estimate of drug-likeness (QED) is 0.722. The van der Waals surface area contributed by atoms with Gasteiger partial charge >= 0.3 is 0 Å². The number of amides is 3. The van der Waals surface area contributed by atoms with Gasteiger partial charge in [-0.25, -0.2) is 0 Å². The Kier molecular flexibility index (Phi) is 4.32. The Morgan fingerprint density at radius 1 is 1.33 bits per heavy atom. The lowest BCUT2D eigenvalue weighted by Gasteiger charge is -2.35. The van der Waals surface area contributed by atoms with Crippen LogP contribution >= 0.6 is 0 Å². The monoisotopic (exact) mass is 255 g/mol. The summed E-state index contributed by atoms with van der Waals surface area (Å²) in [5.41, 5.74) is -0.807. The molecule has 6 heteroatoms. The van der Waals surface area contributed by atoms with Crippen LogP contribution in [0, 0.1) is 0 Å². The fraction of sp³-hybridized carbons (Fsp3) is 0.750. The summed E-state index contributed by atoms with van der Waals surface area (Å²) in [4.78, 5) is 36.7. The van der Waals surface area contributed by atoms with Crippen LogP contribution in [0.5, 0.6) is 0 Å². The van der Waals surface area contributed by atoms with Crippen LogP contribution in [-0.2, 0) is 14.4 Å². The zero-order chi connectivity index (χ0) is 13.9. The molecule has 0 radical (unpaired) electrons. The summed E-state index contributed by atoms with van der Waals surface area (Å²) in [5, 5.41) is 5.14. The number of hydrogen-bond acceptors (Lipinski definition) is 3. The largest absolute Gasteiger partial charge is 0.357 e. The molecule has 1 aliphatic rings. The number of nitrogens with one attached hydrogen (secondary N) is 2. The molecule has 1 saturated heterocycles. The molecule has 18 heavy (non-hydrogen) atoms. The first-order chi connectivity index (χ1) is 8.32. The maximum absolute atomic E-state index is 12.2. The summed E-state index contributed by atoms with van der Waals surface area (Å²) < 4.78 is 0. The number of carbonyl (C=O) groups is 3. The fourth-order valence-electron chi connectivity index (χ4n) is 2.42. The minimum atomic E-state index is -0.807. The van der Waals surface area contributed by atoms with Crippen molar-refractivity contribution in [1.29, 1.82) is 0 Å². The topological polar surface area (TPSA) is 78.5 Å². The lowest BCUT2D eigenvalue weighted by Crippen LogP contribution is -2.58. The van der Waals surface area contributed by atoms with Crippen molar-refractivity contribution in [3.05, 3.63) is 0 Å². The zero-order valence-corrected chi connectivity index (χ0v) is 11.4. The molecule has 0 aromatic rings.